The maximum absolute atomic E-state index is 12.7. The molecule has 1 fully saturated rings. The monoisotopic (exact) mass is 445 g/mol. The molecule has 0 bridgehead atoms. The summed E-state index contributed by atoms with van der Waals surface area (Å²) in [5, 5.41) is 0. The van der Waals surface area contributed by atoms with Gasteiger partial charge in [0.2, 0.25) is 10.0 Å². The molecule has 9 heteroatoms. The van der Waals surface area contributed by atoms with Crippen molar-refractivity contribution in [2.75, 3.05) is 19.7 Å². The van der Waals surface area contributed by atoms with E-state index in [9.17, 15) is 13.2 Å². The zero-order valence-corrected chi connectivity index (χ0v) is 18.5. The predicted molar refractivity (Wildman–Crippen MR) is 116 cm³/mol. The van der Waals surface area contributed by atoms with Gasteiger partial charge in [-0.25, -0.2) is 8.42 Å². The first-order chi connectivity index (χ1) is 14.4. The molecule has 0 radical (unpaired) electrons. The molecule has 0 unspecified atom stereocenters. The topological polar surface area (TPSA) is 81.0 Å². The molecule has 3 aromatic rings. The molecule has 1 saturated heterocycles. The summed E-state index contributed by atoms with van der Waals surface area (Å²) >= 11 is 1.40. The molecule has 1 aliphatic rings. The summed E-state index contributed by atoms with van der Waals surface area (Å²) in [5.74, 6) is 0.333. The fraction of sp³-hybridized carbons (Fsp3) is 0.333. The number of carbonyl (C=O) groups excluding carboxylic acids is 1. The predicted octanol–water partition coefficient (Wildman–Crippen LogP) is 3.16. The Morgan fingerprint density at radius 2 is 1.83 bits per heavy atom. The molecule has 0 N–H and O–H groups in total. The van der Waals surface area contributed by atoms with Crippen molar-refractivity contribution in [3.05, 3.63) is 52.8 Å². The number of aromatic nitrogens is 1. The number of ether oxygens (including phenoxy) is 1. The van der Waals surface area contributed by atoms with E-state index in [1.807, 2.05) is 36.7 Å². The maximum atomic E-state index is 12.7. The van der Waals surface area contributed by atoms with E-state index in [-0.39, 0.29) is 4.90 Å². The van der Waals surface area contributed by atoms with E-state index in [1.165, 1.54) is 39.9 Å². The van der Waals surface area contributed by atoms with Crippen LogP contribution in [0.4, 0.5) is 0 Å². The van der Waals surface area contributed by atoms with E-state index in [0.29, 0.717) is 30.1 Å². The summed E-state index contributed by atoms with van der Waals surface area (Å²) in [4.78, 5) is 17.7. The lowest BCUT2D eigenvalue weighted by Gasteiger charge is -2.15. The Bertz CT molecular complexity index is 1250. The number of aryl methyl sites for hydroxylation is 1. The van der Waals surface area contributed by atoms with Gasteiger partial charge in [-0.1, -0.05) is 17.4 Å². The number of hydrogen-bond donors (Lipinski definition) is 0. The molecule has 0 aliphatic carbocycles. The molecule has 7 nitrogen and oxygen atoms in total. The smallest absolute Gasteiger partial charge is 0.279 e. The molecule has 0 saturated carbocycles. The quantitative estimate of drug-likeness (QED) is 0.604. The van der Waals surface area contributed by atoms with Gasteiger partial charge in [-0.05, 0) is 56.2 Å². The minimum absolute atomic E-state index is 0.203. The molecule has 0 spiro atoms. The van der Waals surface area contributed by atoms with Crippen molar-refractivity contribution in [2.45, 2.75) is 24.7 Å². The van der Waals surface area contributed by atoms with Crippen molar-refractivity contribution in [2.24, 2.45) is 12.0 Å². The zero-order chi connectivity index (χ0) is 21.3. The number of benzene rings is 2. The molecule has 0 atom stereocenters. The summed E-state index contributed by atoms with van der Waals surface area (Å²) < 4.78 is 35.3. The van der Waals surface area contributed by atoms with Gasteiger partial charge in [-0.2, -0.15) is 9.30 Å². The Balaban J connectivity index is 1.65. The maximum Gasteiger partial charge on any atom is 0.279 e. The van der Waals surface area contributed by atoms with Crippen LogP contribution < -0.4 is 9.54 Å². The van der Waals surface area contributed by atoms with Crippen molar-refractivity contribution in [3.8, 4) is 5.75 Å². The van der Waals surface area contributed by atoms with E-state index >= 15 is 0 Å². The van der Waals surface area contributed by atoms with Crippen LogP contribution in [0.3, 0.4) is 0 Å². The van der Waals surface area contributed by atoms with Crippen LogP contribution in [0.1, 0.15) is 30.1 Å². The Morgan fingerprint density at radius 3 is 2.50 bits per heavy atom. The molecule has 1 aromatic heterocycles. The second-order valence-electron chi connectivity index (χ2n) is 7.03. The summed E-state index contributed by atoms with van der Waals surface area (Å²) in [6, 6.07) is 11.8. The number of para-hydroxylation sites is 1. The minimum Gasteiger partial charge on any atom is -0.492 e. The van der Waals surface area contributed by atoms with E-state index in [2.05, 4.69) is 4.99 Å². The van der Waals surface area contributed by atoms with Gasteiger partial charge in [-0.3, -0.25) is 4.79 Å². The summed E-state index contributed by atoms with van der Waals surface area (Å²) in [6.07, 6.45) is 1.76. The fourth-order valence-corrected chi connectivity index (χ4v) is 6.10. The molecule has 158 valence electrons. The number of nitrogens with zero attached hydrogens (tertiary/aromatic N) is 3. The summed E-state index contributed by atoms with van der Waals surface area (Å²) in [5.41, 5.74) is 1.24. The van der Waals surface area contributed by atoms with Crippen molar-refractivity contribution in [3.63, 3.8) is 0 Å². The summed E-state index contributed by atoms with van der Waals surface area (Å²) in [7, 11) is -1.65. The molecule has 1 aliphatic heterocycles. The van der Waals surface area contributed by atoms with E-state index in [1.54, 1.807) is 0 Å². The van der Waals surface area contributed by atoms with Crippen LogP contribution in [-0.4, -0.2) is 42.9 Å². The highest BCUT2D eigenvalue weighted by Crippen LogP contribution is 2.27. The third kappa shape index (κ3) is 3.80. The largest absolute Gasteiger partial charge is 0.492 e. The highest BCUT2D eigenvalue weighted by Gasteiger charge is 2.27. The second-order valence-corrected chi connectivity index (χ2v) is 9.98. The average Bonchev–Trinajstić information content (AvgIpc) is 3.38. The highest BCUT2D eigenvalue weighted by molar-refractivity contribution is 7.89. The van der Waals surface area contributed by atoms with Gasteiger partial charge in [0.25, 0.3) is 5.91 Å². The number of sulfonamides is 1. The summed E-state index contributed by atoms with van der Waals surface area (Å²) in [6.45, 7) is 3.57. The Labute approximate surface area is 179 Å². The average molecular weight is 446 g/mol. The second kappa shape index (κ2) is 8.33. The molecular formula is C21H23N3O4S2. The molecule has 2 aromatic carbocycles. The number of hydrogen-bond acceptors (Lipinski definition) is 5. The first-order valence-corrected chi connectivity index (χ1v) is 12.1. The molecule has 2 heterocycles. The SMILES string of the molecule is CCOc1cccc2sc(=NC(=O)c3ccc(S(=O)(=O)N4CCCC4)cc3)n(C)c12. The van der Waals surface area contributed by atoms with Gasteiger partial charge in [0.05, 0.1) is 16.2 Å². The fourth-order valence-electron chi connectivity index (χ4n) is 3.55. The van der Waals surface area contributed by atoms with E-state index < -0.39 is 15.9 Å². The zero-order valence-electron chi connectivity index (χ0n) is 16.9. The van der Waals surface area contributed by atoms with Crippen LogP contribution in [-0.2, 0) is 17.1 Å². The number of thiazole rings is 1. The van der Waals surface area contributed by atoms with Gasteiger partial charge in [0.1, 0.15) is 11.3 Å². The Morgan fingerprint density at radius 1 is 1.13 bits per heavy atom. The number of amides is 1. The number of rotatable bonds is 5. The van der Waals surface area contributed by atoms with Crippen molar-refractivity contribution >= 4 is 37.5 Å². The van der Waals surface area contributed by atoms with Crippen molar-refractivity contribution < 1.29 is 17.9 Å². The lowest BCUT2D eigenvalue weighted by Crippen LogP contribution is -2.27. The van der Waals surface area contributed by atoms with Crippen LogP contribution in [0.5, 0.6) is 5.75 Å². The minimum atomic E-state index is -3.50. The van der Waals surface area contributed by atoms with Crippen LogP contribution in [0.15, 0.2) is 52.4 Å². The number of fused-ring (bicyclic) bond motifs is 1. The van der Waals surface area contributed by atoms with Crippen LogP contribution in [0, 0.1) is 0 Å². The molecular weight excluding hydrogens is 422 g/mol. The third-order valence-electron chi connectivity index (χ3n) is 5.09. The third-order valence-corrected chi connectivity index (χ3v) is 8.10. The first kappa shape index (κ1) is 20.8. The van der Waals surface area contributed by atoms with Crippen LogP contribution >= 0.6 is 11.3 Å². The lowest BCUT2D eigenvalue weighted by molar-refractivity contribution is 0.0998. The van der Waals surface area contributed by atoms with Gasteiger partial charge < -0.3 is 9.30 Å². The van der Waals surface area contributed by atoms with E-state index in [0.717, 1.165) is 28.8 Å². The lowest BCUT2D eigenvalue weighted by atomic mass is 10.2. The molecule has 1 amide bonds. The Kier molecular flexibility index (Phi) is 5.77. The standard InChI is InChI=1S/C21H23N3O4S2/c1-3-28-17-7-6-8-18-19(17)23(2)21(29-18)22-20(25)15-9-11-16(12-10-15)30(26,27)24-13-4-5-14-24/h6-12H,3-5,13-14H2,1-2H3. The Hall–Kier alpha value is -2.49. The van der Waals surface area contributed by atoms with Gasteiger partial charge in [-0.15, -0.1) is 0 Å². The highest BCUT2D eigenvalue weighted by atomic mass is 32.2. The van der Waals surface area contributed by atoms with Crippen LogP contribution in [0.25, 0.3) is 10.2 Å². The van der Waals surface area contributed by atoms with E-state index in [4.69, 9.17) is 4.74 Å². The van der Waals surface area contributed by atoms with Crippen molar-refractivity contribution in [1.29, 1.82) is 0 Å². The van der Waals surface area contributed by atoms with Gasteiger partial charge in [0.15, 0.2) is 4.80 Å². The molecule has 4 rings (SSSR count). The number of carbonyl (C=O) groups is 1. The van der Waals surface area contributed by atoms with Crippen LogP contribution in [0.2, 0.25) is 0 Å². The molecule has 30 heavy (non-hydrogen) atoms. The first-order valence-electron chi connectivity index (χ1n) is 9.82. The normalized spacial score (nSPS) is 15.7. The van der Waals surface area contributed by atoms with Gasteiger partial charge >= 0.3 is 0 Å². The van der Waals surface area contributed by atoms with Crippen molar-refractivity contribution in [1.82, 2.24) is 8.87 Å². The van der Waals surface area contributed by atoms with Gasteiger partial charge in [0, 0.05) is 25.7 Å².